The van der Waals surface area contributed by atoms with E-state index in [2.05, 4.69) is 27.2 Å². The summed E-state index contributed by atoms with van der Waals surface area (Å²) in [5, 5.41) is 3.27. The lowest BCUT2D eigenvalue weighted by atomic mass is 9.95. The second-order valence-electron chi connectivity index (χ2n) is 6.79. The highest BCUT2D eigenvalue weighted by Gasteiger charge is 2.33. The van der Waals surface area contributed by atoms with E-state index >= 15 is 0 Å². The number of rotatable bonds is 5. The Hall–Kier alpha value is -0.460. The molecule has 2 fully saturated rings. The fourth-order valence-corrected chi connectivity index (χ4v) is 4.73. The Labute approximate surface area is 174 Å². The maximum absolute atomic E-state index is 13.3. The standard InChI is InChI=1S/C19H29N3OS.2ClH/c1-20-15-16-7-9-22(10-8-16)19(23)18(17-5-3-2-4-6-17)21-11-13-24-14-12-21;;/h2-6,16,18,20H,7-15H2,1H3;2*1H. The van der Waals surface area contributed by atoms with Crippen LogP contribution in [0.25, 0.3) is 0 Å². The Bertz CT molecular complexity index is 521. The molecule has 3 rings (SSSR count). The molecule has 0 spiro atoms. The molecule has 1 aromatic carbocycles. The van der Waals surface area contributed by atoms with Gasteiger partial charge in [0.15, 0.2) is 0 Å². The van der Waals surface area contributed by atoms with Crippen LogP contribution in [0, 0.1) is 5.92 Å². The zero-order valence-electron chi connectivity index (χ0n) is 15.4. The van der Waals surface area contributed by atoms with Gasteiger partial charge in [0.1, 0.15) is 6.04 Å². The summed E-state index contributed by atoms with van der Waals surface area (Å²) < 4.78 is 0. The molecule has 1 aromatic rings. The molecular weight excluding hydrogens is 389 g/mol. The molecule has 1 N–H and O–H groups in total. The smallest absolute Gasteiger partial charge is 0.244 e. The van der Waals surface area contributed by atoms with Crippen molar-refractivity contribution in [3.63, 3.8) is 0 Å². The van der Waals surface area contributed by atoms with E-state index in [1.54, 1.807) is 0 Å². The molecule has 0 bridgehead atoms. The Kier molecular flexibility index (Phi) is 11.0. The molecule has 2 aliphatic rings. The number of carbonyl (C=O) groups is 1. The van der Waals surface area contributed by atoms with Crippen LogP contribution < -0.4 is 5.32 Å². The summed E-state index contributed by atoms with van der Waals surface area (Å²) in [6, 6.07) is 10.2. The Balaban J connectivity index is 0.00000169. The molecule has 2 aliphatic heterocycles. The molecule has 0 radical (unpaired) electrons. The molecule has 26 heavy (non-hydrogen) atoms. The normalized spacial score (nSPS) is 20.0. The number of hydrogen-bond acceptors (Lipinski definition) is 4. The van der Waals surface area contributed by atoms with E-state index in [1.807, 2.05) is 37.0 Å². The molecule has 4 nitrogen and oxygen atoms in total. The number of benzene rings is 1. The van der Waals surface area contributed by atoms with Gasteiger partial charge in [0.05, 0.1) is 0 Å². The largest absolute Gasteiger partial charge is 0.341 e. The van der Waals surface area contributed by atoms with Crippen LogP contribution >= 0.6 is 36.6 Å². The van der Waals surface area contributed by atoms with Gasteiger partial charge in [-0.2, -0.15) is 11.8 Å². The van der Waals surface area contributed by atoms with Crippen LogP contribution in [-0.4, -0.2) is 67.0 Å². The van der Waals surface area contributed by atoms with Gasteiger partial charge in [0, 0.05) is 37.7 Å². The number of piperidine rings is 1. The Morgan fingerprint density at radius 3 is 2.31 bits per heavy atom. The number of thioether (sulfide) groups is 1. The fraction of sp³-hybridized carbons (Fsp3) is 0.632. The summed E-state index contributed by atoms with van der Waals surface area (Å²) >= 11 is 1.99. The van der Waals surface area contributed by atoms with Crippen molar-refractivity contribution in [1.82, 2.24) is 15.1 Å². The fourth-order valence-electron chi connectivity index (χ4n) is 3.80. The first-order chi connectivity index (χ1) is 11.8. The van der Waals surface area contributed by atoms with Crippen LogP contribution in [0.1, 0.15) is 24.4 Å². The Morgan fingerprint density at radius 1 is 1.12 bits per heavy atom. The van der Waals surface area contributed by atoms with E-state index in [-0.39, 0.29) is 30.9 Å². The zero-order chi connectivity index (χ0) is 16.8. The van der Waals surface area contributed by atoms with Crippen molar-refractivity contribution in [1.29, 1.82) is 0 Å². The minimum atomic E-state index is -0.104. The quantitative estimate of drug-likeness (QED) is 0.794. The third-order valence-corrected chi connectivity index (χ3v) is 6.12. The van der Waals surface area contributed by atoms with Gasteiger partial charge in [-0.25, -0.2) is 0 Å². The maximum Gasteiger partial charge on any atom is 0.244 e. The lowest BCUT2D eigenvalue weighted by molar-refractivity contribution is -0.138. The predicted octanol–water partition coefficient (Wildman–Crippen LogP) is 3.08. The van der Waals surface area contributed by atoms with E-state index in [9.17, 15) is 4.79 Å². The van der Waals surface area contributed by atoms with Gasteiger partial charge >= 0.3 is 0 Å². The highest BCUT2D eigenvalue weighted by Crippen LogP contribution is 2.28. The maximum atomic E-state index is 13.3. The first-order valence-corrected chi connectivity index (χ1v) is 10.2. The molecule has 1 amide bonds. The first-order valence-electron chi connectivity index (χ1n) is 9.09. The lowest BCUT2D eigenvalue weighted by Crippen LogP contribution is -2.48. The highest BCUT2D eigenvalue weighted by molar-refractivity contribution is 7.99. The third-order valence-electron chi connectivity index (χ3n) is 5.18. The van der Waals surface area contributed by atoms with Crippen molar-refractivity contribution in [3.8, 4) is 0 Å². The SMILES string of the molecule is CNCC1CCN(C(=O)C(c2ccccc2)N2CCSCC2)CC1.Cl.Cl. The Morgan fingerprint density at radius 2 is 1.73 bits per heavy atom. The molecule has 0 aromatic heterocycles. The summed E-state index contributed by atoms with van der Waals surface area (Å²) in [7, 11) is 2.01. The van der Waals surface area contributed by atoms with Crippen molar-refractivity contribution in [2.45, 2.75) is 18.9 Å². The van der Waals surface area contributed by atoms with E-state index in [0.29, 0.717) is 11.8 Å². The molecule has 1 unspecified atom stereocenters. The molecule has 1 atom stereocenters. The average Bonchev–Trinajstić information content (AvgIpc) is 2.64. The van der Waals surface area contributed by atoms with Gasteiger partial charge < -0.3 is 10.2 Å². The van der Waals surface area contributed by atoms with E-state index in [4.69, 9.17) is 0 Å². The van der Waals surface area contributed by atoms with Crippen LogP contribution in [0.2, 0.25) is 0 Å². The van der Waals surface area contributed by atoms with Crippen molar-refractivity contribution in [2.24, 2.45) is 5.92 Å². The van der Waals surface area contributed by atoms with Crippen molar-refractivity contribution in [2.75, 3.05) is 51.3 Å². The number of likely N-dealkylation sites (tertiary alicyclic amines) is 1. The molecule has 7 heteroatoms. The van der Waals surface area contributed by atoms with Gasteiger partial charge in [-0.1, -0.05) is 30.3 Å². The molecule has 0 saturated carbocycles. The second kappa shape index (κ2) is 12.1. The minimum Gasteiger partial charge on any atom is -0.341 e. The summed E-state index contributed by atoms with van der Waals surface area (Å²) in [4.78, 5) is 17.8. The van der Waals surface area contributed by atoms with Crippen LogP contribution in [0.5, 0.6) is 0 Å². The number of halogens is 2. The second-order valence-corrected chi connectivity index (χ2v) is 8.01. The summed E-state index contributed by atoms with van der Waals surface area (Å²) in [5.41, 5.74) is 1.15. The highest BCUT2D eigenvalue weighted by atomic mass is 35.5. The lowest BCUT2D eigenvalue weighted by Gasteiger charge is -2.39. The number of hydrogen-bond donors (Lipinski definition) is 1. The minimum absolute atomic E-state index is 0. The molecule has 2 heterocycles. The molecule has 2 saturated heterocycles. The van der Waals surface area contributed by atoms with Crippen LogP contribution in [0.15, 0.2) is 30.3 Å². The topological polar surface area (TPSA) is 35.6 Å². The van der Waals surface area contributed by atoms with Crippen LogP contribution in [0.3, 0.4) is 0 Å². The number of nitrogens with one attached hydrogen (secondary N) is 1. The van der Waals surface area contributed by atoms with Crippen molar-refractivity contribution in [3.05, 3.63) is 35.9 Å². The molecule has 0 aliphatic carbocycles. The zero-order valence-corrected chi connectivity index (χ0v) is 17.9. The van der Waals surface area contributed by atoms with E-state index < -0.39 is 0 Å². The summed E-state index contributed by atoms with van der Waals surface area (Å²) in [5.74, 6) is 3.26. The molecule has 148 valence electrons. The van der Waals surface area contributed by atoms with Crippen molar-refractivity contribution >= 4 is 42.5 Å². The van der Waals surface area contributed by atoms with Gasteiger partial charge in [-0.15, -0.1) is 24.8 Å². The van der Waals surface area contributed by atoms with Crippen LogP contribution in [-0.2, 0) is 4.79 Å². The number of amides is 1. The molecular formula is C19H31Cl2N3OS. The van der Waals surface area contributed by atoms with Crippen LogP contribution in [0.4, 0.5) is 0 Å². The van der Waals surface area contributed by atoms with Gasteiger partial charge in [0.25, 0.3) is 0 Å². The predicted molar refractivity (Wildman–Crippen MR) is 116 cm³/mol. The van der Waals surface area contributed by atoms with Gasteiger partial charge in [-0.05, 0) is 37.9 Å². The average molecular weight is 420 g/mol. The van der Waals surface area contributed by atoms with E-state index in [0.717, 1.165) is 62.6 Å². The van der Waals surface area contributed by atoms with Crippen molar-refractivity contribution < 1.29 is 4.79 Å². The summed E-state index contributed by atoms with van der Waals surface area (Å²) in [6.07, 6.45) is 2.23. The van der Waals surface area contributed by atoms with Gasteiger partial charge in [-0.3, -0.25) is 9.69 Å². The van der Waals surface area contributed by atoms with E-state index in [1.165, 1.54) is 0 Å². The first kappa shape index (κ1) is 23.6. The monoisotopic (exact) mass is 419 g/mol. The number of carbonyl (C=O) groups excluding carboxylic acids is 1. The number of nitrogens with zero attached hydrogens (tertiary/aromatic N) is 2. The third kappa shape index (κ3) is 6.03. The summed E-state index contributed by atoms with van der Waals surface area (Å²) in [6.45, 7) is 4.88. The van der Waals surface area contributed by atoms with Gasteiger partial charge in [0.2, 0.25) is 5.91 Å².